The summed E-state index contributed by atoms with van der Waals surface area (Å²) in [6.07, 6.45) is 1.11. The number of carbonyl (C=O) groups is 1. The van der Waals surface area contributed by atoms with Crippen LogP contribution in [0.15, 0.2) is 42.0 Å². The van der Waals surface area contributed by atoms with E-state index in [2.05, 4.69) is 31.4 Å². The third kappa shape index (κ3) is 4.40. The summed E-state index contributed by atoms with van der Waals surface area (Å²) in [5.41, 5.74) is 0. The van der Waals surface area contributed by atoms with Gasteiger partial charge in [0.15, 0.2) is 10.4 Å². The number of rotatable bonds is 5. The Kier molecular flexibility index (Phi) is 5.80. The third-order valence-corrected chi connectivity index (χ3v) is 8.33. The lowest BCUT2D eigenvalue weighted by Crippen LogP contribution is -2.43. The van der Waals surface area contributed by atoms with Crippen molar-refractivity contribution in [3.05, 3.63) is 33.3 Å². The van der Waals surface area contributed by atoms with Crippen LogP contribution < -0.4 is 5.32 Å². The Balaban J connectivity index is 1.43. The molecule has 1 N–H and O–H groups in total. The fraction of sp³-hybridized carbons (Fsp3) is 0.312. The molecule has 154 valence electrons. The van der Waals surface area contributed by atoms with Gasteiger partial charge < -0.3 is 8.83 Å². The van der Waals surface area contributed by atoms with Crippen LogP contribution >= 0.6 is 38.9 Å². The van der Waals surface area contributed by atoms with Gasteiger partial charge in [-0.3, -0.25) is 10.1 Å². The molecule has 0 radical (unpaired) electrons. The number of aromatic nitrogens is 2. The Bertz CT molecular complexity index is 1140. The molecule has 0 bridgehead atoms. The van der Waals surface area contributed by atoms with E-state index in [1.807, 2.05) is 0 Å². The fourth-order valence-corrected chi connectivity index (χ4v) is 6.42. The SMILES string of the molecule is O=C(Nc1nnc(-c2ccc(Br)o2)o1)C1CCCN(S(=O)(=O)c2ccc(Cl)s2)C1. The predicted molar refractivity (Wildman–Crippen MR) is 109 cm³/mol. The number of hydrogen-bond donors (Lipinski definition) is 1. The molecule has 9 nitrogen and oxygen atoms in total. The summed E-state index contributed by atoms with van der Waals surface area (Å²) in [6, 6.07) is 6.25. The van der Waals surface area contributed by atoms with E-state index in [9.17, 15) is 13.2 Å². The van der Waals surface area contributed by atoms with Crippen molar-refractivity contribution in [2.24, 2.45) is 5.92 Å². The van der Waals surface area contributed by atoms with Crippen molar-refractivity contribution in [1.82, 2.24) is 14.5 Å². The summed E-state index contributed by atoms with van der Waals surface area (Å²) >= 11 is 10.0. The number of thiophene rings is 1. The molecule has 1 saturated heterocycles. The maximum absolute atomic E-state index is 12.8. The number of nitrogens with one attached hydrogen (secondary N) is 1. The average Bonchev–Trinajstić information content (AvgIpc) is 3.43. The summed E-state index contributed by atoms with van der Waals surface area (Å²) in [5, 5.41) is 10.2. The summed E-state index contributed by atoms with van der Waals surface area (Å²) in [6.45, 7) is 0.412. The Labute approximate surface area is 183 Å². The molecule has 0 aromatic carbocycles. The quantitative estimate of drug-likeness (QED) is 0.542. The first-order chi connectivity index (χ1) is 13.8. The van der Waals surface area contributed by atoms with Crippen LogP contribution in [-0.4, -0.2) is 41.9 Å². The van der Waals surface area contributed by atoms with Crippen LogP contribution in [0.4, 0.5) is 6.01 Å². The van der Waals surface area contributed by atoms with Crippen molar-refractivity contribution in [3.63, 3.8) is 0 Å². The van der Waals surface area contributed by atoms with Gasteiger partial charge in [0.2, 0.25) is 5.91 Å². The topological polar surface area (TPSA) is 119 Å². The van der Waals surface area contributed by atoms with Gasteiger partial charge in [-0.05, 0) is 53.0 Å². The highest BCUT2D eigenvalue weighted by molar-refractivity contribution is 9.10. The van der Waals surface area contributed by atoms with E-state index in [1.54, 1.807) is 12.1 Å². The van der Waals surface area contributed by atoms with Gasteiger partial charge in [-0.25, -0.2) is 8.42 Å². The van der Waals surface area contributed by atoms with E-state index in [4.69, 9.17) is 20.4 Å². The molecule has 1 aliphatic rings. The molecular weight excluding hydrogens is 508 g/mol. The van der Waals surface area contributed by atoms with Gasteiger partial charge in [-0.15, -0.1) is 16.4 Å². The van der Waals surface area contributed by atoms with Gasteiger partial charge in [0.1, 0.15) is 4.21 Å². The minimum Gasteiger partial charge on any atom is -0.444 e. The van der Waals surface area contributed by atoms with E-state index < -0.39 is 15.9 Å². The van der Waals surface area contributed by atoms with Crippen LogP contribution in [0.5, 0.6) is 0 Å². The Hall–Kier alpha value is -1.73. The zero-order chi connectivity index (χ0) is 20.6. The van der Waals surface area contributed by atoms with Crippen LogP contribution in [0.3, 0.4) is 0 Å². The van der Waals surface area contributed by atoms with E-state index in [-0.39, 0.29) is 28.6 Å². The summed E-state index contributed by atoms with van der Waals surface area (Å²) in [4.78, 5) is 12.6. The highest BCUT2D eigenvalue weighted by atomic mass is 79.9. The highest BCUT2D eigenvalue weighted by Crippen LogP contribution is 2.31. The van der Waals surface area contributed by atoms with Gasteiger partial charge in [0.05, 0.1) is 10.3 Å². The second-order valence-corrected chi connectivity index (χ2v) is 10.9. The van der Waals surface area contributed by atoms with Crippen molar-refractivity contribution in [2.45, 2.75) is 17.1 Å². The number of nitrogens with zero attached hydrogens (tertiary/aromatic N) is 3. The fourth-order valence-electron chi connectivity index (χ4n) is 2.95. The predicted octanol–water partition coefficient (Wildman–Crippen LogP) is 3.85. The van der Waals surface area contributed by atoms with Crippen LogP contribution in [0, 0.1) is 5.92 Å². The first kappa shape index (κ1) is 20.5. The van der Waals surface area contributed by atoms with Crippen LogP contribution in [0.25, 0.3) is 11.7 Å². The summed E-state index contributed by atoms with van der Waals surface area (Å²) in [5.74, 6) is -0.449. The van der Waals surface area contributed by atoms with Gasteiger partial charge in [0, 0.05) is 13.1 Å². The largest absolute Gasteiger partial charge is 0.444 e. The van der Waals surface area contributed by atoms with Gasteiger partial charge in [-0.2, -0.15) is 4.31 Å². The van der Waals surface area contributed by atoms with Crippen LogP contribution in [0.1, 0.15) is 12.8 Å². The first-order valence-electron chi connectivity index (χ1n) is 8.48. The second kappa shape index (κ2) is 8.19. The summed E-state index contributed by atoms with van der Waals surface area (Å²) < 4.78 is 38.7. The maximum Gasteiger partial charge on any atom is 0.322 e. The van der Waals surface area contributed by atoms with Gasteiger partial charge in [0.25, 0.3) is 15.9 Å². The van der Waals surface area contributed by atoms with E-state index in [0.717, 1.165) is 11.3 Å². The molecule has 13 heteroatoms. The average molecular weight is 522 g/mol. The maximum atomic E-state index is 12.8. The smallest absolute Gasteiger partial charge is 0.322 e. The van der Waals surface area contributed by atoms with Crippen molar-refractivity contribution in [3.8, 4) is 11.7 Å². The molecule has 4 rings (SSSR count). The van der Waals surface area contributed by atoms with Crippen molar-refractivity contribution in [1.29, 1.82) is 0 Å². The molecule has 0 spiro atoms. The minimum atomic E-state index is -3.69. The number of amides is 1. The number of furan rings is 1. The third-order valence-electron chi connectivity index (χ3n) is 4.34. The molecule has 0 saturated carbocycles. The molecule has 3 aromatic heterocycles. The van der Waals surface area contributed by atoms with E-state index in [1.165, 1.54) is 16.4 Å². The number of halogens is 2. The number of hydrogen-bond acceptors (Lipinski definition) is 8. The minimum absolute atomic E-state index is 0.0653. The van der Waals surface area contributed by atoms with E-state index >= 15 is 0 Å². The standard InChI is InChI=1S/C16H14BrClN4O5S2/c17-11-4-3-10(26-11)15-20-21-16(27-15)19-14(23)9-2-1-7-22(8-9)29(24,25)13-6-5-12(18)28-13/h3-6,9H,1-2,7-8H2,(H,19,21,23). The Morgan fingerprint density at radius 2 is 2.10 bits per heavy atom. The van der Waals surface area contributed by atoms with Gasteiger partial charge in [-0.1, -0.05) is 16.7 Å². The van der Waals surface area contributed by atoms with Gasteiger partial charge >= 0.3 is 6.01 Å². The number of sulfonamides is 1. The number of anilines is 1. The van der Waals surface area contributed by atoms with Crippen molar-refractivity contribution in [2.75, 3.05) is 18.4 Å². The van der Waals surface area contributed by atoms with E-state index in [0.29, 0.717) is 34.2 Å². The number of piperidine rings is 1. The Morgan fingerprint density at radius 3 is 2.79 bits per heavy atom. The molecule has 1 fully saturated rings. The normalized spacial score (nSPS) is 18.1. The lowest BCUT2D eigenvalue weighted by molar-refractivity contribution is -0.121. The molecule has 3 aromatic rings. The zero-order valence-electron chi connectivity index (χ0n) is 14.7. The molecule has 1 aliphatic heterocycles. The zero-order valence-corrected chi connectivity index (χ0v) is 18.6. The molecule has 1 unspecified atom stereocenters. The molecule has 1 atom stereocenters. The second-order valence-electron chi connectivity index (χ2n) is 6.27. The highest BCUT2D eigenvalue weighted by Gasteiger charge is 2.34. The number of carbonyl (C=O) groups excluding carboxylic acids is 1. The Morgan fingerprint density at radius 1 is 1.28 bits per heavy atom. The lowest BCUT2D eigenvalue weighted by atomic mass is 9.99. The molecule has 29 heavy (non-hydrogen) atoms. The molecule has 1 amide bonds. The van der Waals surface area contributed by atoms with Crippen LogP contribution in [-0.2, 0) is 14.8 Å². The lowest BCUT2D eigenvalue weighted by Gasteiger charge is -2.30. The molecular formula is C16H14BrClN4O5S2. The summed E-state index contributed by atoms with van der Waals surface area (Å²) in [7, 11) is -3.69. The van der Waals surface area contributed by atoms with Crippen molar-refractivity contribution < 1.29 is 22.0 Å². The van der Waals surface area contributed by atoms with Crippen molar-refractivity contribution >= 4 is 60.8 Å². The monoisotopic (exact) mass is 520 g/mol. The van der Waals surface area contributed by atoms with Crippen LogP contribution in [0.2, 0.25) is 4.34 Å². The molecule has 0 aliphatic carbocycles. The molecule has 4 heterocycles. The first-order valence-corrected chi connectivity index (χ1v) is 11.9.